The number of carboxylic acid groups (broad SMARTS) is 6. The second-order valence-electron chi connectivity index (χ2n) is 16.6. The van der Waals surface area contributed by atoms with Gasteiger partial charge in [0.15, 0.2) is 0 Å². The zero-order valence-corrected chi connectivity index (χ0v) is 43.4. The number of hydrogen-bond acceptors (Lipinski definition) is 24. The average molecular weight is 1210 g/mol. The van der Waals surface area contributed by atoms with Crippen molar-refractivity contribution in [2.24, 2.45) is 0 Å². The number of carboxylic acids is 6. The first-order chi connectivity index (χ1) is 36.9. The minimum Gasteiger partial charge on any atom is -0.508 e. The average Bonchev–Trinajstić information content (AvgIpc) is 3.32. The topological polar surface area (TPSA) is 594 Å². The van der Waals surface area contributed by atoms with Crippen LogP contribution in [0.5, 0.6) is 23.0 Å². The molecule has 4 aromatic rings. The minimum atomic E-state index is -5.39. The third-order valence-corrected chi connectivity index (χ3v) is 14.6. The van der Waals surface area contributed by atoms with Crippen molar-refractivity contribution in [3.63, 3.8) is 0 Å². The van der Waals surface area contributed by atoms with Crippen molar-refractivity contribution >= 4 is 76.3 Å². The number of phenolic OH excluding ortho intramolecular Hbond substituents is 4. The summed E-state index contributed by atoms with van der Waals surface area (Å²) < 4.78 is 135. The molecule has 4 rings (SSSR count). The van der Waals surface area contributed by atoms with Gasteiger partial charge in [0.2, 0.25) is 0 Å². The Bertz CT molecular complexity index is 3310. The predicted molar refractivity (Wildman–Crippen MR) is 262 cm³/mol. The molecule has 0 radical (unpaired) electrons. The Labute approximate surface area is 450 Å². The molecule has 0 fully saturated rings. The van der Waals surface area contributed by atoms with Crippen LogP contribution in [0.25, 0.3) is 0 Å². The van der Waals surface area contributed by atoms with Gasteiger partial charge in [-0.05, 0) is 60.7 Å². The van der Waals surface area contributed by atoms with Crippen molar-refractivity contribution in [1.29, 1.82) is 0 Å². The van der Waals surface area contributed by atoms with Gasteiger partial charge >= 0.3 is 35.8 Å². The minimum absolute atomic E-state index is 0.405. The maximum atomic E-state index is 12.7. The molecule has 0 bridgehead atoms. The van der Waals surface area contributed by atoms with Gasteiger partial charge in [0.25, 0.3) is 40.5 Å². The highest BCUT2D eigenvalue weighted by Gasteiger charge is 2.35. The molecule has 0 aromatic heterocycles. The van der Waals surface area contributed by atoms with Crippen molar-refractivity contribution < 1.29 is 132 Å². The molecule has 0 saturated heterocycles. The summed E-state index contributed by atoms with van der Waals surface area (Å²) in [5.74, 6) is -15.2. The highest BCUT2D eigenvalue weighted by atomic mass is 32.2. The van der Waals surface area contributed by atoms with Crippen LogP contribution in [0.1, 0.15) is 69.6 Å². The SMILES string of the molecule is O=C(O)C(NCCNC(C(=O)O)c1cc(S(=O)(=O)O)cc(C(NCCNC(C(=O)O)c2cc(S(=O)(=O)O)cc(C(NCCNC(C(=O)O)c3cc(S(=O)(=O)O)ccc3O)C(=O)O)c2O)C(=O)O)c1O)c1cc(S(=O)(=O)O)ccc1O. The van der Waals surface area contributed by atoms with Crippen molar-refractivity contribution in [2.75, 3.05) is 39.3 Å². The summed E-state index contributed by atoms with van der Waals surface area (Å²) in [7, 11) is -20.6. The van der Waals surface area contributed by atoms with Crippen LogP contribution in [0, 0.1) is 0 Å². The predicted octanol–water partition coefficient (Wildman–Crippen LogP) is -2.11. The van der Waals surface area contributed by atoms with E-state index < -0.39 is 228 Å². The van der Waals surface area contributed by atoms with Crippen LogP contribution in [0.3, 0.4) is 0 Å². The first kappa shape index (κ1) is 64.8. The third kappa shape index (κ3) is 16.4. The molecule has 0 aliphatic rings. The molecule has 20 N–H and O–H groups in total. The molecular formula is C42H48N6O28S4. The molecule has 6 atom stereocenters. The third-order valence-electron chi connectivity index (χ3n) is 11.3. The second-order valence-corrected chi connectivity index (χ2v) is 22.3. The molecule has 80 heavy (non-hydrogen) atoms. The zero-order valence-electron chi connectivity index (χ0n) is 40.1. The van der Waals surface area contributed by atoms with Crippen LogP contribution >= 0.6 is 0 Å². The lowest BCUT2D eigenvalue weighted by Gasteiger charge is -2.24. The number of hydrogen-bond donors (Lipinski definition) is 20. The Kier molecular flexibility index (Phi) is 21.1. The lowest BCUT2D eigenvalue weighted by molar-refractivity contribution is -0.141. The fourth-order valence-corrected chi connectivity index (χ4v) is 9.75. The van der Waals surface area contributed by atoms with Gasteiger partial charge in [-0.15, -0.1) is 0 Å². The standard InChI is InChI=1S/C42H48N6O28S4/c49-27-3-1-17(77(65,66)67)11-21(27)29(37(53)54)43-5-7-45-31(39(57)58)23-13-19(79(71,72)73)15-25(35(23)51)33(41(61)62)47-9-10-48-34(42(63)64)26-16-20(80(74,75)76)14-24(36(26)52)32(40(59)60)46-8-6-44-30(38(55)56)22-12-18(78(68,69)70)2-4-28(22)50/h1-4,11-16,29-34,43-52H,5-10H2,(H,53,54)(H,55,56)(H,57,58)(H,59,60)(H,61,62)(H,63,64)(H,65,66,67)(H,68,69,70)(H,71,72,73)(H,74,75,76). The van der Waals surface area contributed by atoms with Gasteiger partial charge in [-0.25, -0.2) is 0 Å². The summed E-state index contributed by atoms with van der Waals surface area (Å²) in [6.07, 6.45) is 0. The molecule has 4 aromatic carbocycles. The highest BCUT2D eigenvalue weighted by molar-refractivity contribution is 7.86. The molecule has 0 aliphatic carbocycles. The van der Waals surface area contributed by atoms with E-state index >= 15 is 0 Å². The zero-order chi connectivity index (χ0) is 60.6. The Hall–Kier alpha value is -7.70. The van der Waals surface area contributed by atoms with E-state index in [2.05, 4.69) is 31.9 Å². The smallest absolute Gasteiger partial charge is 0.325 e. The molecule has 0 amide bonds. The molecule has 34 nitrogen and oxygen atoms in total. The summed E-state index contributed by atoms with van der Waals surface area (Å²) >= 11 is 0. The summed E-state index contributed by atoms with van der Waals surface area (Å²) in [4.78, 5) is 70.5. The largest absolute Gasteiger partial charge is 0.508 e. The van der Waals surface area contributed by atoms with E-state index in [4.69, 9.17) is 0 Å². The Balaban J connectivity index is 1.60. The molecule has 0 heterocycles. The number of nitrogens with one attached hydrogen (secondary N) is 6. The van der Waals surface area contributed by atoms with Gasteiger partial charge in [-0.1, -0.05) is 0 Å². The Morgan fingerprint density at radius 2 is 0.487 bits per heavy atom. The van der Waals surface area contributed by atoms with Gasteiger partial charge < -0.3 is 51.1 Å². The molecule has 0 saturated carbocycles. The number of carbonyl (C=O) groups is 6. The lowest BCUT2D eigenvalue weighted by atomic mass is 9.97. The molecule has 0 spiro atoms. The summed E-state index contributed by atoms with van der Waals surface area (Å²) in [6, 6.07) is -6.98. The highest BCUT2D eigenvalue weighted by Crippen LogP contribution is 2.38. The van der Waals surface area contributed by atoms with Crippen LogP contribution in [0.4, 0.5) is 0 Å². The quantitative estimate of drug-likeness (QED) is 0.0189. The van der Waals surface area contributed by atoms with E-state index in [1.165, 1.54) is 0 Å². The van der Waals surface area contributed by atoms with Gasteiger partial charge in [0, 0.05) is 72.6 Å². The molecular weight excluding hydrogens is 1160 g/mol. The number of phenols is 4. The van der Waals surface area contributed by atoms with Crippen molar-refractivity contribution in [3.8, 4) is 23.0 Å². The lowest BCUT2D eigenvalue weighted by Crippen LogP contribution is -2.39. The van der Waals surface area contributed by atoms with Crippen LogP contribution in [0.15, 0.2) is 80.2 Å². The van der Waals surface area contributed by atoms with E-state index in [-0.39, 0.29) is 0 Å². The monoisotopic (exact) mass is 1210 g/mol. The van der Waals surface area contributed by atoms with Gasteiger partial charge in [0.05, 0.1) is 19.6 Å². The fourth-order valence-electron chi connectivity index (χ4n) is 7.61. The van der Waals surface area contributed by atoms with Crippen LogP contribution in [-0.2, 0) is 69.2 Å². The number of aliphatic carboxylic acids is 6. The molecule has 6 unspecified atom stereocenters. The molecule has 438 valence electrons. The maximum absolute atomic E-state index is 12.7. The number of benzene rings is 4. The van der Waals surface area contributed by atoms with Gasteiger partial charge in [0.1, 0.15) is 59.2 Å². The first-order valence-corrected chi connectivity index (χ1v) is 27.7. The molecule has 38 heteroatoms. The second kappa shape index (κ2) is 26.1. The molecule has 0 aliphatic heterocycles. The number of rotatable bonds is 31. The first-order valence-electron chi connectivity index (χ1n) is 21.9. The van der Waals surface area contributed by atoms with Gasteiger partial charge in [-0.2, -0.15) is 33.7 Å². The Morgan fingerprint density at radius 3 is 0.662 bits per heavy atom. The van der Waals surface area contributed by atoms with E-state index in [1.807, 2.05) is 0 Å². The fraction of sp³-hybridized carbons (Fsp3) is 0.286. The summed E-state index contributed by atoms with van der Waals surface area (Å²) in [5, 5.41) is 117. The van der Waals surface area contributed by atoms with E-state index in [0.717, 1.165) is 24.3 Å². The van der Waals surface area contributed by atoms with E-state index in [0.29, 0.717) is 36.4 Å². The summed E-state index contributed by atoms with van der Waals surface area (Å²) in [5.41, 5.74) is -4.95. The van der Waals surface area contributed by atoms with Gasteiger partial charge in [-0.3, -0.25) is 78.9 Å². The van der Waals surface area contributed by atoms with Crippen LogP contribution in [-0.4, -0.2) is 178 Å². The van der Waals surface area contributed by atoms with E-state index in [1.54, 1.807) is 0 Å². The van der Waals surface area contributed by atoms with Crippen molar-refractivity contribution in [3.05, 3.63) is 94.0 Å². The number of aromatic hydroxyl groups is 4. The van der Waals surface area contributed by atoms with Crippen molar-refractivity contribution in [1.82, 2.24) is 31.9 Å². The van der Waals surface area contributed by atoms with E-state index in [9.17, 15) is 132 Å². The summed E-state index contributed by atoms with van der Waals surface area (Å²) in [6.45, 7) is -3.93. The van der Waals surface area contributed by atoms with Crippen LogP contribution < -0.4 is 31.9 Å². The van der Waals surface area contributed by atoms with Crippen molar-refractivity contribution in [2.45, 2.75) is 55.8 Å². The Morgan fingerprint density at radius 1 is 0.312 bits per heavy atom. The van der Waals surface area contributed by atoms with Crippen LogP contribution in [0.2, 0.25) is 0 Å². The maximum Gasteiger partial charge on any atom is 0.325 e. The normalized spacial score (nSPS) is 14.5.